The summed E-state index contributed by atoms with van der Waals surface area (Å²) in [5.74, 6) is 0. The van der Waals surface area contributed by atoms with E-state index in [9.17, 15) is 0 Å². The molecule has 0 bridgehead atoms. The molecule has 0 amide bonds. The van der Waals surface area contributed by atoms with Gasteiger partial charge in [0.05, 0.1) is 6.04 Å². The Hall–Kier alpha value is -0.450. The number of nitrogens with two attached hydrogens (primary N) is 1. The summed E-state index contributed by atoms with van der Waals surface area (Å²) in [7, 11) is 0. The van der Waals surface area contributed by atoms with Gasteiger partial charge in [0.15, 0.2) is 0 Å². The van der Waals surface area contributed by atoms with Crippen LogP contribution >= 0.6 is 11.3 Å². The highest BCUT2D eigenvalue weighted by Crippen LogP contribution is 2.25. The minimum atomic E-state index is 0.168. The molecule has 1 atom stereocenters. The number of rotatable bonds is 6. The maximum atomic E-state index is 5.79. The molecule has 1 aromatic heterocycles. The average molecular weight is 241 g/mol. The molecule has 0 radical (unpaired) electrons. The molecule has 4 heteroatoms. The first-order valence-corrected chi connectivity index (χ1v) is 6.71. The van der Waals surface area contributed by atoms with Crippen LogP contribution in [0.5, 0.6) is 0 Å². The van der Waals surface area contributed by atoms with Crippen molar-refractivity contribution in [3.05, 3.63) is 16.6 Å². The zero-order chi connectivity index (χ0) is 12.2. The molecule has 0 fully saturated rings. The van der Waals surface area contributed by atoms with E-state index in [2.05, 4.69) is 37.6 Å². The smallest absolute Gasteiger partial charge is 0.109 e. The summed E-state index contributed by atoms with van der Waals surface area (Å²) in [5.41, 5.74) is 5.96. The molecule has 2 N–H and O–H groups in total. The van der Waals surface area contributed by atoms with Crippen molar-refractivity contribution in [3.8, 4) is 0 Å². The normalized spacial score (nSPS) is 14.4. The van der Waals surface area contributed by atoms with Gasteiger partial charge in [-0.1, -0.05) is 20.8 Å². The maximum Gasteiger partial charge on any atom is 0.109 e. The van der Waals surface area contributed by atoms with Gasteiger partial charge in [-0.05, 0) is 25.4 Å². The van der Waals surface area contributed by atoms with Crippen LogP contribution in [0.3, 0.4) is 0 Å². The molecule has 1 unspecified atom stereocenters. The van der Waals surface area contributed by atoms with Gasteiger partial charge in [-0.25, -0.2) is 4.98 Å². The number of nitrogens with zero attached hydrogens (tertiary/aromatic N) is 2. The van der Waals surface area contributed by atoms with Gasteiger partial charge in [0, 0.05) is 18.1 Å². The second kappa shape index (κ2) is 5.75. The molecule has 16 heavy (non-hydrogen) atoms. The lowest BCUT2D eigenvalue weighted by atomic mass is 9.92. The van der Waals surface area contributed by atoms with Crippen molar-refractivity contribution in [1.29, 1.82) is 0 Å². The second-order valence-electron chi connectivity index (χ2n) is 4.98. The Labute approximate surface area is 103 Å². The highest BCUT2D eigenvalue weighted by molar-refractivity contribution is 7.09. The maximum absolute atomic E-state index is 5.79. The molecule has 1 aromatic rings. The van der Waals surface area contributed by atoms with Crippen LogP contribution in [-0.4, -0.2) is 29.5 Å². The summed E-state index contributed by atoms with van der Waals surface area (Å²) in [6.45, 7) is 11.6. The van der Waals surface area contributed by atoms with Gasteiger partial charge in [-0.3, -0.25) is 4.90 Å². The van der Waals surface area contributed by atoms with E-state index in [1.165, 1.54) is 5.01 Å². The van der Waals surface area contributed by atoms with Crippen LogP contribution in [0.2, 0.25) is 0 Å². The lowest BCUT2D eigenvalue weighted by molar-refractivity contribution is 0.147. The lowest BCUT2D eigenvalue weighted by Crippen LogP contribution is -2.39. The SMILES string of the molecule is CCN(CC(C)(C)CN)C(C)c1nccs1. The summed E-state index contributed by atoms with van der Waals surface area (Å²) in [6.07, 6.45) is 1.87. The van der Waals surface area contributed by atoms with Crippen LogP contribution < -0.4 is 5.73 Å². The van der Waals surface area contributed by atoms with Crippen LogP contribution in [0, 0.1) is 5.41 Å². The van der Waals surface area contributed by atoms with Gasteiger partial charge >= 0.3 is 0 Å². The second-order valence-corrected chi connectivity index (χ2v) is 5.90. The molecule has 1 rings (SSSR count). The predicted octanol–water partition coefficient (Wildman–Crippen LogP) is 2.51. The van der Waals surface area contributed by atoms with E-state index in [0.717, 1.165) is 13.1 Å². The minimum Gasteiger partial charge on any atom is -0.330 e. The third-order valence-corrected chi connectivity index (χ3v) is 3.89. The molecular weight excluding hydrogens is 218 g/mol. The van der Waals surface area contributed by atoms with Crippen molar-refractivity contribution in [1.82, 2.24) is 9.88 Å². The van der Waals surface area contributed by atoms with Gasteiger partial charge in [-0.15, -0.1) is 11.3 Å². The van der Waals surface area contributed by atoms with E-state index in [1.807, 2.05) is 11.6 Å². The van der Waals surface area contributed by atoms with Crippen LogP contribution in [0.15, 0.2) is 11.6 Å². The van der Waals surface area contributed by atoms with Crippen molar-refractivity contribution in [3.63, 3.8) is 0 Å². The van der Waals surface area contributed by atoms with Crippen molar-refractivity contribution in [2.24, 2.45) is 11.1 Å². The summed E-state index contributed by atoms with van der Waals surface area (Å²) in [4.78, 5) is 6.82. The Morgan fingerprint density at radius 3 is 2.69 bits per heavy atom. The fraction of sp³-hybridized carbons (Fsp3) is 0.750. The molecular formula is C12H23N3S. The van der Waals surface area contributed by atoms with Gasteiger partial charge < -0.3 is 5.73 Å². The van der Waals surface area contributed by atoms with Crippen LogP contribution in [0.1, 0.15) is 38.7 Å². The molecule has 1 heterocycles. The summed E-state index contributed by atoms with van der Waals surface area (Å²) >= 11 is 1.72. The molecule has 0 aromatic carbocycles. The summed E-state index contributed by atoms with van der Waals surface area (Å²) in [6, 6.07) is 0.385. The van der Waals surface area contributed by atoms with Gasteiger partial charge in [0.1, 0.15) is 5.01 Å². The number of aromatic nitrogens is 1. The van der Waals surface area contributed by atoms with E-state index in [0.29, 0.717) is 12.6 Å². The highest BCUT2D eigenvalue weighted by Gasteiger charge is 2.24. The number of hydrogen-bond donors (Lipinski definition) is 1. The van der Waals surface area contributed by atoms with Crippen molar-refractivity contribution in [2.45, 2.75) is 33.7 Å². The van der Waals surface area contributed by atoms with E-state index < -0.39 is 0 Å². The van der Waals surface area contributed by atoms with E-state index in [1.54, 1.807) is 11.3 Å². The Morgan fingerprint density at radius 1 is 1.56 bits per heavy atom. The zero-order valence-electron chi connectivity index (χ0n) is 10.7. The first-order chi connectivity index (χ1) is 7.50. The Morgan fingerprint density at radius 2 is 2.25 bits per heavy atom. The molecule has 3 nitrogen and oxygen atoms in total. The number of hydrogen-bond acceptors (Lipinski definition) is 4. The monoisotopic (exact) mass is 241 g/mol. The lowest BCUT2D eigenvalue weighted by Gasteiger charge is -2.34. The van der Waals surface area contributed by atoms with Crippen LogP contribution in [-0.2, 0) is 0 Å². The standard InChI is InChI=1S/C12H23N3S/c1-5-15(9-12(3,4)8-13)10(2)11-14-6-7-16-11/h6-7,10H,5,8-9,13H2,1-4H3. The van der Waals surface area contributed by atoms with Crippen molar-refractivity contribution in [2.75, 3.05) is 19.6 Å². The molecule has 0 saturated heterocycles. The average Bonchev–Trinajstić information content (AvgIpc) is 2.78. The molecule has 92 valence electrons. The molecule has 0 spiro atoms. The Balaban J connectivity index is 2.68. The quantitative estimate of drug-likeness (QED) is 0.832. The van der Waals surface area contributed by atoms with Crippen molar-refractivity contribution < 1.29 is 0 Å². The van der Waals surface area contributed by atoms with Crippen LogP contribution in [0.4, 0.5) is 0 Å². The molecule has 0 aliphatic rings. The third kappa shape index (κ3) is 3.54. The highest BCUT2D eigenvalue weighted by atomic mass is 32.1. The van der Waals surface area contributed by atoms with Gasteiger partial charge in [-0.2, -0.15) is 0 Å². The molecule has 0 aliphatic carbocycles. The molecule has 0 aliphatic heterocycles. The number of thiazole rings is 1. The topological polar surface area (TPSA) is 42.1 Å². The predicted molar refractivity (Wildman–Crippen MR) is 70.6 cm³/mol. The first-order valence-electron chi connectivity index (χ1n) is 5.83. The van der Waals surface area contributed by atoms with E-state index >= 15 is 0 Å². The van der Waals surface area contributed by atoms with E-state index in [-0.39, 0.29) is 5.41 Å². The third-order valence-electron chi connectivity index (χ3n) is 2.95. The Kier molecular flexibility index (Phi) is 4.89. The molecule has 0 saturated carbocycles. The Bertz CT molecular complexity index is 295. The summed E-state index contributed by atoms with van der Waals surface area (Å²) in [5, 5.41) is 3.22. The minimum absolute atomic E-state index is 0.168. The van der Waals surface area contributed by atoms with E-state index in [4.69, 9.17) is 5.73 Å². The fourth-order valence-corrected chi connectivity index (χ4v) is 2.46. The largest absolute Gasteiger partial charge is 0.330 e. The first kappa shape index (κ1) is 13.6. The van der Waals surface area contributed by atoms with Crippen LogP contribution in [0.25, 0.3) is 0 Å². The fourth-order valence-electron chi connectivity index (χ4n) is 1.73. The zero-order valence-corrected chi connectivity index (χ0v) is 11.5. The van der Waals surface area contributed by atoms with Crippen molar-refractivity contribution >= 4 is 11.3 Å². The van der Waals surface area contributed by atoms with Gasteiger partial charge in [0.25, 0.3) is 0 Å². The summed E-state index contributed by atoms with van der Waals surface area (Å²) < 4.78 is 0. The van der Waals surface area contributed by atoms with Gasteiger partial charge in [0.2, 0.25) is 0 Å².